The number of nitrogens with zero attached hydrogens (tertiary/aromatic N) is 5. The summed E-state index contributed by atoms with van der Waals surface area (Å²) in [5.41, 5.74) is 3.47. The Morgan fingerprint density at radius 1 is 1.02 bits per heavy atom. The second-order valence-electron chi connectivity index (χ2n) is 11.3. The molecule has 1 amide bonds. The fraction of sp³-hybridized carbons (Fsp3) is 0.484. The van der Waals surface area contributed by atoms with Crippen LogP contribution in [0.25, 0.3) is 11.0 Å². The Morgan fingerprint density at radius 3 is 2.33 bits per heavy atom. The Labute approximate surface area is 235 Å². The molecule has 1 aromatic carbocycles. The molecule has 2 saturated heterocycles. The van der Waals surface area contributed by atoms with Gasteiger partial charge >= 0.3 is 0 Å². The van der Waals surface area contributed by atoms with Crippen molar-refractivity contribution in [3.05, 3.63) is 76.2 Å². The fourth-order valence-electron chi connectivity index (χ4n) is 6.07. The molecule has 1 N–H and O–H groups in total. The van der Waals surface area contributed by atoms with Gasteiger partial charge in [-0.05, 0) is 57.7 Å². The first-order valence-electron chi connectivity index (χ1n) is 14.2. The number of aromatic nitrogens is 3. The van der Waals surface area contributed by atoms with Crippen molar-refractivity contribution in [3.8, 4) is 0 Å². The van der Waals surface area contributed by atoms with E-state index in [9.17, 15) is 9.59 Å². The number of hydrogen-bond donors (Lipinski definition) is 1. The number of amides is 1. The predicted molar refractivity (Wildman–Crippen MR) is 157 cm³/mol. The van der Waals surface area contributed by atoms with Crippen LogP contribution in [0.15, 0.2) is 59.5 Å². The third kappa shape index (κ3) is 5.40. The SMILES string of the molecule is C=C(C)C(=O)N1CCN(C2(c3ccc([C@H](C)Nc4ncc5ccc(=O)n(C(C)C)c5n4)cc3)CCOCC2)CC1. The molecule has 1 atom stereocenters. The van der Waals surface area contributed by atoms with Crippen LogP contribution in [0.3, 0.4) is 0 Å². The van der Waals surface area contributed by atoms with E-state index >= 15 is 0 Å². The van der Waals surface area contributed by atoms with Crippen LogP contribution in [0.2, 0.25) is 0 Å². The number of anilines is 1. The van der Waals surface area contributed by atoms with E-state index < -0.39 is 0 Å². The summed E-state index contributed by atoms with van der Waals surface area (Å²) in [6.07, 6.45) is 3.62. The Morgan fingerprint density at radius 2 is 1.70 bits per heavy atom. The molecule has 9 nitrogen and oxygen atoms in total. The van der Waals surface area contributed by atoms with Crippen molar-refractivity contribution in [2.45, 2.75) is 58.2 Å². The minimum absolute atomic E-state index is 0.00371. The first kappa shape index (κ1) is 28.0. The zero-order valence-electron chi connectivity index (χ0n) is 24.0. The molecule has 5 rings (SSSR count). The molecule has 2 aliphatic rings. The number of piperazine rings is 1. The molecule has 0 unspecified atom stereocenters. The minimum atomic E-state index is -0.103. The third-order valence-corrected chi connectivity index (χ3v) is 8.33. The lowest BCUT2D eigenvalue weighted by atomic mass is 9.80. The smallest absolute Gasteiger partial charge is 0.252 e. The summed E-state index contributed by atoms with van der Waals surface area (Å²) in [4.78, 5) is 38.6. The van der Waals surface area contributed by atoms with Gasteiger partial charge in [0.15, 0.2) is 0 Å². The van der Waals surface area contributed by atoms with Gasteiger partial charge in [-0.1, -0.05) is 30.8 Å². The van der Waals surface area contributed by atoms with Crippen molar-refractivity contribution in [2.24, 2.45) is 0 Å². The standard InChI is InChI=1S/C31H40N6O3/c1-21(2)29(39)35-14-16-36(17-15-35)31(12-18-40-19-13-31)26-9-6-24(7-10-26)23(5)33-30-32-20-25-8-11-27(38)37(22(3)4)28(25)34-30/h6-11,20,22-23H,1,12-19H2,2-5H3,(H,32,33,34)/t23-/m0/s1. The summed E-state index contributed by atoms with van der Waals surface area (Å²) < 4.78 is 7.47. The maximum atomic E-state index is 12.5. The van der Waals surface area contributed by atoms with E-state index in [4.69, 9.17) is 9.72 Å². The van der Waals surface area contributed by atoms with Crippen molar-refractivity contribution in [1.29, 1.82) is 0 Å². The highest BCUT2D eigenvalue weighted by atomic mass is 16.5. The highest BCUT2D eigenvalue weighted by Crippen LogP contribution is 2.39. The second kappa shape index (κ2) is 11.5. The lowest BCUT2D eigenvalue weighted by Crippen LogP contribution is -2.58. The quantitative estimate of drug-likeness (QED) is 0.444. The van der Waals surface area contributed by atoms with E-state index in [1.807, 2.05) is 18.7 Å². The summed E-state index contributed by atoms with van der Waals surface area (Å²) in [5.74, 6) is 0.543. The van der Waals surface area contributed by atoms with Gasteiger partial charge in [0.05, 0.1) is 11.6 Å². The molecule has 40 heavy (non-hydrogen) atoms. The molecule has 0 radical (unpaired) electrons. The van der Waals surface area contributed by atoms with Crippen molar-refractivity contribution in [1.82, 2.24) is 24.3 Å². The molecule has 0 saturated carbocycles. The van der Waals surface area contributed by atoms with Gasteiger partial charge in [0.2, 0.25) is 11.9 Å². The molecule has 212 valence electrons. The van der Waals surface area contributed by atoms with Gasteiger partial charge < -0.3 is 15.0 Å². The van der Waals surface area contributed by atoms with Crippen LogP contribution in [0, 0.1) is 0 Å². The Bertz CT molecular complexity index is 1430. The van der Waals surface area contributed by atoms with E-state index in [-0.39, 0.29) is 29.1 Å². The van der Waals surface area contributed by atoms with Crippen LogP contribution >= 0.6 is 0 Å². The highest BCUT2D eigenvalue weighted by molar-refractivity contribution is 5.92. The largest absolute Gasteiger partial charge is 0.381 e. The zero-order valence-corrected chi connectivity index (χ0v) is 24.0. The van der Waals surface area contributed by atoms with Crippen LogP contribution in [-0.4, -0.2) is 69.6 Å². The summed E-state index contributed by atoms with van der Waals surface area (Å²) in [6.45, 7) is 16.2. The summed E-state index contributed by atoms with van der Waals surface area (Å²) in [5, 5.41) is 4.26. The number of fused-ring (bicyclic) bond motifs is 1. The predicted octanol–water partition coefficient (Wildman–Crippen LogP) is 4.27. The van der Waals surface area contributed by atoms with Gasteiger partial charge in [0, 0.05) is 68.7 Å². The van der Waals surface area contributed by atoms with Crippen LogP contribution in [0.4, 0.5) is 5.95 Å². The molecule has 9 heteroatoms. The normalized spacial score (nSPS) is 18.6. The average molecular weight is 545 g/mol. The van der Waals surface area contributed by atoms with Crippen LogP contribution < -0.4 is 10.9 Å². The molecule has 0 spiro atoms. The van der Waals surface area contributed by atoms with Gasteiger partial charge in [0.25, 0.3) is 5.56 Å². The van der Waals surface area contributed by atoms with E-state index in [2.05, 4.69) is 53.0 Å². The highest BCUT2D eigenvalue weighted by Gasteiger charge is 2.41. The van der Waals surface area contributed by atoms with E-state index in [0.29, 0.717) is 30.3 Å². The van der Waals surface area contributed by atoms with Crippen molar-refractivity contribution in [2.75, 3.05) is 44.7 Å². The Hall–Kier alpha value is -3.56. The van der Waals surface area contributed by atoms with Gasteiger partial charge in [-0.2, -0.15) is 4.98 Å². The first-order valence-corrected chi connectivity index (χ1v) is 14.2. The van der Waals surface area contributed by atoms with Gasteiger partial charge in [0.1, 0.15) is 5.65 Å². The van der Waals surface area contributed by atoms with Crippen LogP contribution in [0.1, 0.15) is 63.7 Å². The zero-order chi connectivity index (χ0) is 28.4. The molecule has 2 fully saturated rings. The second-order valence-corrected chi connectivity index (χ2v) is 11.3. The van der Waals surface area contributed by atoms with E-state index in [1.165, 1.54) is 5.56 Å². The first-order chi connectivity index (χ1) is 19.2. The van der Waals surface area contributed by atoms with Crippen molar-refractivity contribution in [3.63, 3.8) is 0 Å². The molecule has 2 aromatic heterocycles. The van der Waals surface area contributed by atoms with Crippen molar-refractivity contribution < 1.29 is 9.53 Å². The Kier molecular flexibility index (Phi) is 8.05. The van der Waals surface area contributed by atoms with Crippen LogP contribution in [0.5, 0.6) is 0 Å². The molecule has 0 bridgehead atoms. The third-order valence-electron chi connectivity index (χ3n) is 8.33. The van der Waals surface area contributed by atoms with Gasteiger partial charge in [-0.25, -0.2) is 4.98 Å². The molecular weight excluding hydrogens is 504 g/mol. The summed E-state index contributed by atoms with van der Waals surface area (Å²) >= 11 is 0. The number of rotatable bonds is 7. The number of benzene rings is 1. The lowest BCUT2D eigenvalue weighted by Gasteiger charge is -2.50. The molecule has 4 heterocycles. The minimum Gasteiger partial charge on any atom is -0.381 e. The lowest BCUT2D eigenvalue weighted by molar-refractivity contribution is -0.131. The number of carbonyl (C=O) groups is 1. The molecule has 0 aliphatic carbocycles. The van der Waals surface area contributed by atoms with Gasteiger partial charge in [-0.3, -0.25) is 19.1 Å². The summed E-state index contributed by atoms with van der Waals surface area (Å²) in [7, 11) is 0. The average Bonchev–Trinajstić information content (AvgIpc) is 2.97. The number of nitrogens with one attached hydrogen (secondary N) is 1. The maximum Gasteiger partial charge on any atom is 0.252 e. The maximum absolute atomic E-state index is 12.5. The van der Waals surface area contributed by atoms with Crippen molar-refractivity contribution >= 4 is 22.9 Å². The van der Waals surface area contributed by atoms with E-state index in [1.54, 1.807) is 29.8 Å². The van der Waals surface area contributed by atoms with E-state index in [0.717, 1.165) is 50.1 Å². The van der Waals surface area contributed by atoms with Gasteiger partial charge in [-0.15, -0.1) is 0 Å². The fourth-order valence-corrected chi connectivity index (χ4v) is 6.07. The molecular formula is C31H40N6O3. The number of pyridine rings is 1. The number of ether oxygens (including phenoxy) is 1. The summed E-state index contributed by atoms with van der Waals surface area (Å²) in [6, 6.07) is 12.1. The molecule has 3 aromatic rings. The Balaban J connectivity index is 1.34. The van der Waals surface area contributed by atoms with Crippen LogP contribution in [-0.2, 0) is 15.1 Å². The monoisotopic (exact) mass is 544 g/mol. The molecule has 2 aliphatic heterocycles. The number of hydrogen-bond acceptors (Lipinski definition) is 7. The topological polar surface area (TPSA) is 92.6 Å². The number of carbonyl (C=O) groups excluding carboxylic acids is 1.